The van der Waals surface area contributed by atoms with Gasteiger partial charge < -0.3 is 5.11 Å². The average Bonchev–Trinajstić information content (AvgIpc) is 2.64. The van der Waals surface area contributed by atoms with Gasteiger partial charge in [-0.1, -0.05) is 6.92 Å². The van der Waals surface area contributed by atoms with E-state index in [0.29, 0.717) is 12.1 Å². The van der Waals surface area contributed by atoms with Crippen LogP contribution >= 0.6 is 0 Å². The summed E-state index contributed by atoms with van der Waals surface area (Å²) in [5.74, 6) is -0.760. The predicted molar refractivity (Wildman–Crippen MR) is 71.7 cm³/mol. The number of β-amino-alcohol motifs (C(OH)–C–C–N with tert-alkyl or cyclic N) is 1. The normalized spacial score (nSPS) is 20.7. The van der Waals surface area contributed by atoms with Crippen LogP contribution in [-0.4, -0.2) is 40.6 Å². The second-order valence-corrected chi connectivity index (χ2v) is 4.82. The van der Waals surface area contributed by atoms with Gasteiger partial charge in [0.1, 0.15) is 11.9 Å². The molecule has 0 spiro atoms. The third kappa shape index (κ3) is 2.51. The highest BCUT2D eigenvalue weighted by atomic mass is 19.1. The average molecular weight is 280 g/mol. The first kappa shape index (κ1) is 14.5. The topological polar surface area (TPSA) is 60.9 Å². The number of aliphatic hydroxyl groups is 1. The second-order valence-electron chi connectivity index (χ2n) is 4.82. The number of halogens is 1. The van der Waals surface area contributed by atoms with Crippen LogP contribution < -0.4 is 4.90 Å². The molecule has 1 aliphatic heterocycles. The number of benzene rings is 1. The Balaban J connectivity index is 2.25. The Morgan fingerprint density at radius 1 is 1.30 bits per heavy atom. The third-order valence-corrected chi connectivity index (χ3v) is 3.42. The maximum absolute atomic E-state index is 12.9. The number of imide groups is 1. The van der Waals surface area contributed by atoms with Gasteiger partial charge >= 0.3 is 6.03 Å². The molecule has 1 N–H and O–H groups in total. The van der Waals surface area contributed by atoms with Crippen LogP contribution in [0.2, 0.25) is 0 Å². The van der Waals surface area contributed by atoms with E-state index in [-0.39, 0.29) is 12.5 Å². The van der Waals surface area contributed by atoms with Crippen LogP contribution in [0.4, 0.5) is 14.9 Å². The molecule has 1 aromatic rings. The summed E-state index contributed by atoms with van der Waals surface area (Å²) in [6.45, 7) is 3.37. The van der Waals surface area contributed by atoms with Crippen LogP contribution in [-0.2, 0) is 4.79 Å². The largest absolute Gasteiger partial charge is 0.391 e. The molecule has 1 heterocycles. The Morgan fingerprint density at radius 2 is 1.90 bits per heavy atom. The van der Waals surface area contributed by atoms with E-state index in [1.807, 2.05) is 0 Å². The zero-order valence-electron chi connectivity index (χ0n) is 11.4. The van der Waals surface area contributed by atoms with Gasteiger partial charge in [0.15, 0.2) is 0 Å². The maximum atomic E-state index is 12.9. The lowest BCUT2D eigenvalue weighted by Crippen LogP contribution is -2.38. The molecular weight excluding hydrogens is 263 g/mol. The second kappa shape index (κ2) is 5.58. The molecular formula is C14H17FN2O3. The molecule has 1 aliphatic rings. The van der Waals surface area contributed by atoms with Crippen molar-refractivity contribution in [1.82, 2.24) is 4.90 Å². The lowest BCUT2D eigenvalue weighted by Gasteiger charge is -2.20. The van der Waals surface area contributed by atoms with Crippen LogP contribution in [0, 0.1) is 5.82 Å². The molecule has 0 aliphatic carbocycles. The smallest absolute Gasteiger partial charge is 0.332 e. The Morgan fingerprint density at radius 3 is 2.45 bits per heavy atom. The molecule has 20 heavy (non-hydrogen) atoms. The number of nitrogens with zero attached hydrogens (tertiary/aromatic N) is 2. The van der Waals surface area contributed by atoms with E-state index in [9.17, 15) is 19.1 Å². The molecule has 2 atom stereocenters. The lowest BCUT2D eigenvalue weighted by molar-refractivity contribution is -0.127. The van der Waals surface area contributed by atoms with E-state index in [4.69, 9.17) is 0 Å². The quantitative estimate of drug-likeness (QED) is 0.855. The molecule has 3 amide bonds. The monoisotopic (exact) mass is 280 g/mol. The fourth-order valence-electron chi connectivity index (χ4n) is 2.17. The number of carbonyl (C=O) groups excluding carboxylic acids is 2. The number of aliphatic hydroxyl groups excluding tert-OH is 1. The molecule has 1 saturated heterocycles. The third-order valence-electron chi connectivity index (χ3n) is 3.42. The molecule has 0 aromatic heterocycles. The molecule has 0 bridgehead atoms. The van der Waals surface area contributed by atoms with Crippen LogP contribution in [0.3, 0.4) is 0 Å². The molecule has 1 aromatic carbocycles. The summed E-state index contributed by atoms with van der Waals surface area (Å²) in [7, 11) is 0. The van der Waals surface area contributed by atoms with Crippen molar-refractivity contribution in [3.8, 4) is 0 Å². The highest BCUT2D eigenvalue weighted by Crippen LogP contribution is 2.26. The number of amides is 3. The van der Waals surface area contributed by atoms with Crippen molar-refractivity contribution in [3.05, 3.63) is 30.1 Å². The molecule has 5 nitrogen and oxygen atoms in total. The van der Waals surface area contributed by atoms with Gasteiger partial charge in [-0.3, -0.25) is 14.6 Å². The Hall–Kier alpha value is -1.95. The number of anilines is 1. The van der Waals surface area contributed by atoms with Gasteiger partial charge in [0.25, 0.3) is 5.91 Å². The van der Waals surface area contributed by atoms with E-state index in [2.05, 4.69) is 0 Å². The minimum atomic E-state index is -0.733. The Kier molecular flexibility index (Phi) is 4.04. The van der Waals surface area contributed by atoms with Crippen molar-refractivity contribution < 1.29 is 19.1 Å². The van der Waals surface area contributed by atoms with Gasteiger partial charge in [-0.05, 0) is 37.6 Å². The number of rotatable bonds is 4. The minimum absolute atomic E-state index is 0.0177. The van der Waals surface area contributed by atoms with Crippen molar-refractivity contribution in [2.75, 3.05) is 11.4 Å². The molecule has 6 heteroatoms. The standard InChI is InChI=1S/C14H17FN2O3/c1-3-12(18)8-16-13(19)9(2)17(14(16)20)11-6-4-10(15)5-7-11/h4-7,9,12,18H,3,8H2,1-2H3. The van der Waals surface area contributed by atoms with Crippen LogP contribution in [0.1, 0.15) is 20.3 Å². The van der Waals surface area contributed by atoms with Gasteiger partial charge in [-0.2, -0.15) is 0 Å². The van der Waals surface area contributed by atoms with Crippen molar-refractivity contribution in [2.45, 2.75) is 32.4 Å². The summed E-state index contributed by atoms with van der Waals surface area (Å²) >= 11 is 0. The SMILES string of the molecule is CCC(O)CN1C(=O)C(C)N(c2ccc(F)cc2)C1=O. The first-order chi connectivity index (χ1) is 9.45. The molecule has 1 fully saturated rings. The van der Waals surface area contributed by atoms with Crippen LogP contribution in [0.5, 0.6) is 0 Å². The lowest BCUT2D eigenvalue weighted by atomic mass is 10.2. The minimum Gasteiger partial charge on any atom is -0.391 e. The van der Waals surface area contributed by atoms with Crippen molar-refractivity contribution in [1.29, 1.82) is 0 Å². The summed E-state index contributed by atoms with van der Waals surface area (Å²) in [4.78, 5) is 26.7. The summed E-state index contributed by atoms with van der Waals surface area (Å²) in [6, 6.07) is 4.25. The maximum Gasteiger partial charge on any atom is 0.332 e. The van der Waals surface area contributed by atoms with Gasteiger partial charge in [-0.15, -0.1) is 0 Å². The summed E-state index contributed by atoms with van der Waals surface area (Å²) in [5, 5.41) is 9.62. The van der Waals surface area contributed by atoms with E-state index >= 15 is 0 Å². The fourth-order valence-corrected chi connectivity index (χ4v) is 2.17. The zero-order chi connectivity index (χ0) is 14.9. The molecule has 0 saturated carbocycles. The van der Waals surface area contributed by atoms with Gasteiger partial charge in [-0.25, -0.2) is 9.18 Å². The number of carbonyl (C=O) groups is 2. The van der Waals surface area contributed by atoms with Crippen LogP contribution in [0.15, 0.2) is 24.3 Å². The first-order valence-corrected chi connectivity index (χ1v) is 6.54. The van der Waals surface area contributed by atoms with E-state index < -0.39 is 24.0 Å². The molecule has 0 radical (unpaired) electrons. The highest BCUT2D eigenvalue weighted by molar-refractivity contribution is 6.14. The predicted octanol–water partition coefficient (Wildman–Crippen LogP) is 1.75. The Bertz CT molecular complexity index is 518. The first-order valence-electron chi connectivity index (χ1n) is 6.54. The number of hydrogen-bond donors (Lipinski definition) is 1. The van der Waals surface area contributed by atoms with Gasteiger partial charge in [0, 0.05) is 5.69 Å². The van der Waals surface area contributed by atoms with E-state index in [1.165, 1.54) is 29.2 Å². The van der Waals surface area contributed by atoms with Gasteiger partial charge in [0.2, 0.25) is 0 Å². The van der Waals surface area contributed by atoms with Crippen LogP contribution in [0.25, 0.3) is 0 Å². The van der Waals surface area contributed by atoms with E-state index in [0.717, 1.165) is 4.90 Å². The molecule has 2 unspecified atom stereocenters. The number of hydrogen-bond acceptors (Lipinski definition) is 3. The van der Waals surface area contributed by atoms with E-state index in [1.54, 1.807) is 13.8 Å². The summed E-state index contributed by atoms with van der Waals surface area (Å²) < 4.78 is 12.9. The zero-order valence-corrected chi connectivity index (χ0v) is 11.4. The highest BCUT2D eigenvalue weighted by Gasteiger charge is 2.43. The Labute approximate surface area is 116 Å². The summed E-state index contributed by atoms with van der Waals surface area (Å²) in [6.07, 6.45) is -0.273. The summed E-state index contributed by atoms with van der Waals surface area (Å²) in [5.41, 5.74) is 0.464. The number of urea groups is 1. The molecule has 2 rings (SSSR count). The fraction of sp³-hybridized carbons (Fsp3) is 0.429. The van der Waals surface area contributed by atoms with Gasteiger partial charge in [0.05, 0.1) is 12.6 Å². The van der Waals surface area contributed by atoms with Crippen molar-refractivity contribution in [2.24, 2.45) is 0 Å². The molecule has 108 valence electrons. The van der Waals surface area contributed by atoms with Crippen molar-refractivity contribution in [3.63, 3.8) is 0 Å². The van der Waals surface area contributed by atoms with Crippen molar-refractivity contribution >= 4 is 17.6 Å².